The molecule has 0 aromatic carbocycles. The van der Waals surface area contributed by atoms with Gasteiger partial charge in [-0.15, -0.1) is 0 Å². The van der Waals surface area contributed by atoms with Crippen molar-refractivity contribution in [1.82, 2.24) is 4.90 Å². The molecular formula is C11H19NO5. The highest BCUT2D eigenvalue weighted by Gasteiger charge is 2.56. The van der Waals surface area contributed by atoms with Crippen LogP contribution in [0.3, 0.4) is 0 Å². The molecule has 0 aromatic rings. The monoisotopic (exact) mass is 245 g/mol. The van der Waals surface area contributed by atoms with Gasteiger partial charge in [-0.2, -0.15) is 0 Å². The topological polar surface area (TPSA) is 68.2 Å². The summed E-state index contributed by atoms with van der Waals surface area (Å²) in [5.41, 5.74) is -0.840. The van der Waals surface area contributed by atoms with Crippen molar-refractivity contribution in [2.45, 2.75) is 18.8 Å². The second-order valence-electron chi connectivity index (χ2n) is 4.98. The van der Waals surface area contributed by atoms with Crippen LogP contribution in [0.1, 0.15) is 6.92 Å². The molecule has 98 valence electrons. The third kappa shape index (κ3) is 1.85. The van der Waals surface area contributed by atoms with Crippen molar-refractivity contribution in [1.29, 1.82) is 0 Å². The van der Waals surface area contributed by atoms with Crippen molar-refractivity contribution in [3.63, 3.8) is 0 Å². The minimum atomic E-state index is -0.840. The van der Waals surface area contributed by atoms with E-state index < -0.39 is 17.2 Å². The zero-order valence-corrected chi connectivity index (χ0v) is 10.4. The number of carboxylic acids is 1. The van der Waals surface area contributed by atoms with E-state index >= 15 is 0 Å². The van der Waals surface area contributed by atoms with E-state index in [1.807, 2.05) is 4.90 Å². The molecule has 0 bridgehead atoms. The molecule has 0 aromatic heterocycles. The summed E-state index contributed by atoms with van der Waals surface area (Å²) in [6.45, 7) is 3.60. The van der Waals surface area contributed by atoms with Crippen molar-refractivity contribution in [3.05, 3.63) is 0 Å². The minimum absolute atomic E-state index is 0.113. The van der Waals surface area contributed by atoms with Crippen LogP contribution in [0, 0.1) is 5.41 Å². The lowest BCUT2D eigenvalue weighted by Gasteiger charge is -2.51. The number of ether oxygens (including phenoxy) is 3. The van der Waals surface area contributed by atoms with E-state index in [4.69, 9.17) is 14.2 Å². The number of likely N-dealkylation sites (tertiary alicyclic amines) is 1. The molecule has 2 fully saturated rings. The van der Waals surface area contributed by atoms with Gasteiger partial charge in [0.2, 0.25) is 0 Å². The number of carbonyl (C=O) groups is 1. The van der Waals surface area contributed by atoms with Crippen molar-refractivity contribution in [3.8, 4) is 0 Å². The van der Waals surface area contributed by atoms with Gasteiger partial charge >= 0.3 is 5.97 Å². The Morgan fingerprint density at radius 1 is 1.41 bits per heavy atom. The smallest absolute Gasteiger partial charge is 0.313 e. The molecule has 2 rings (SSSR count). The third-order valence-corrected chi connectivity index (χ3v) is 3.97. The zero-order valence-electron chi connectivity index (χ0n) is 10.4. The molecule has 0 amide bonds. The van der Waals surface area contributed by atoms with E-state index in [0.29, 0.717) is 19.7 Å². The van der Waals surface area contributed by atoms with Gasteiger partial charge in [0.15, 0.2) is 5.79 Å². The molecular weight excluding hydrogens is 226 g/mol. The summed E-state index contributed by atoms with van der Waals surface area (Å²) in [4.78, 5) is 13.4. The fourth-order valence-electron chi connectivity index (χ4n) is 2.51. The van der Waals surface area contributed by atoms with Gasteiger partial charge < -0.3 is 19.3 Å². The van der Waals surface area contributed by atoms with Gasteiger partial charge in [0, 0.05) is 14.2 Å². The molecule has 2 unspecified atom stereocenters. The lowest BCUT2D eigenvalue weighted by molar-refractivity contribution is -0.285. The van der Waals surface area contributed by atoms with Crippen LogP contribution in [-0.4, -0.2) is 68.3 Å². The Labute approximate surface area is 100 Å². The van der Waals surface area contributed by atoms with E-state index in [0.717, 1.165) is 0 Å². The highest BCUT2D eigenvalue weighted by atomic mass is 16.7. The fourth-order valence-corrected chi connectivity index (χ4v) is 2.51. The quantitative estimate of drug-likeness (QED) is 0.691. The first-order valence-corrected chi connectivity index (χ1v) is 5.63. The second kappa shape index (κ2) is 4.20. The van der Waals surface area contributed by atoms with Crippen LogP contribution < -0.4 is 0 Å². The number of nitrogens with zero attached hydrogens (tertiary/aromatic N) is 1. The van der Waals surface area contributed by atoms with E-state index in [1.54, 1.807) is 21.1 Å². The summed E-state index contributed by atoms with van der Waals surface area (Å²) in [7, 11) is 3.20. The second-order valence-corrected chi connectivity index (χ2v) is 4.98. The molecule has 0 radical (unpaired) electrons. The lowest BCUT2D eigenvalue weighted by atomic mass is 9.82. The lowest BCUT2D eigenvalue weighted by Crippen LogP contribution is -2.69. The Morgan fingerprint density at radius 2 is 2.00 bits per heavy atom. The number of hydrogen-bond acceptors (Lipinski definition) is 5. The zero-order chi connectivity index (χ0) is 12.7. The van der Waals surface area contributed by atoms with Crippen molar-refractivity contribution >= 4 is 5.97 Å². The van der Waals surface area contributed by atoms with Crippen LogP contribution in [0.15, 0.2) is 0 Å². The minimum Gasteiger partial charge on any atom is -0.481 e. The summed E-state index contributed by atoms with van der Waals surface area (Å²) >= 11 is 0. The predicted octanol–water partition coefficient (Wildman–Crippen LogP) is -0.219. The maximum Gasteiger partial charge on any atom is 0.313 e. The summed E-state index contributed by atoms with van der Waals surface area (Å²) in [5.74, 6) is -1.39. The Hall–Kier alpha value is -0.690. The first-order valence-electron chi connectivity index (χ1n) is 5.63. The molecule has 1 N–H and O–H groups in total. The van der Waals surface area contributed by atoms with Crippen LogP contribution in [0.4, 0.5) is 0 Å². The number of carboxylic acid groups (broad SMARTS) is 1. The van der Waals surface area contributed by atoms with Crippen molar-refractivity contribution in [2.24, 2.45) is 5.41 Å². The van der Waals surface area contributed by atoms with E-state index in [2.05, 4.69) is 0 Å². The molecule has 0 spiro atoms. The number of aliphatic carboxylic acids is 1. The summed E-state index contributed by atoms with van der Waals surface area (Å²) in [6, 6.07) is -0.113. The number of rotatable bonds is 4. The SMILES string of the molecule is COC1(OC)CN(C2COCC2(C)C(=O)O)C1. The Kier molecular flexibility index (Phi) is 3.15. The molecule has 2 aliphatic heterocycles. The molecule has 6 heteroatoms. The number of hydrogen-bond donors (Lipinski definition) is 1. The molecule has 0 saturated carbocycles. The molecule has 6 nitrogen and oxygen atoms in total. The van der Waals surface area contributed by atoms with Gasteiger partial charge in [-0.1, -0.05) is 0 Å². The van der Waals surface area contributed by atoms with Gasteiger partial charge in [-0.3, -0.25) is 9.69 Å². The number of methoxy groups -OCH3 is 2. The first-order chi connectivity index (χ1) is 7.97. The van der Waals surface area contributed by atoms with Crippen LogP contribution in [0.5, 0.6) is 0 Å². The molecule has 0 aliphatic carbocycles. The summed E-state index contributed by atoms with van der Waals surface area (Å²) < 4.78 is 15.9. The fraction of sp³-hybridized carbons (Fsp3) is 0.909. The van der Waals surface area contributed by atoms with E-state index in [-0.39, 0.29) is 12.6 Å². The standard InChI is InChI=1S/C11H19NO5/c1-10(9(13)14)7-17-4-8(10)12-5-11(6-12,15-2)16-3/h8H,4-7H2,1-3H3,(H,13,14). The molecule has 2 saturated heterocycles. The van der Waals surface area contributed by atoms with E-state index in [1.165, 1.54) is 0 Å². The summed E-state index contributed by atoms with van der Waals surface area (Å²) in [5, 5.41) is 9.29. The van der Waals surface area contributed by atoms with Crippen LogP contribution in [-0.2, 0) is 19.0 Å². The normalized spacial score (nSPS) is 36.8. The van der Waals surface area contributed by atoms with Crippen LogP contribution in [0.2, 0.25) is 0 Å². The maximum atomic E-state index is 11.3. The van der Waals surface area contributed by atoms with Crippen molar-refractivity contribution < 1.29 is 24.1 Å². The van der Waals surface area contributed by atoms with Crippen molar-refractivity contribution in [2.75, 3.05) is 40.5 Å². The van der Waals surface area contributed by atoms with Gasteiger partial charge in [-0.05, 0) is 6.92 Å². The highest BCUT2D eigenvalue weighted by molar-refractivity contribution is 5.75. The van der Waals surface area contributed by atoms with Gasteiger partial charge in [-0.25, -0.2) is 0 Å². The molecule has 2 aliphatic rings. The Morgan fingerprint density at radius 3 is 2.47 bits per heavy atom. The van der Waals surface area contributed by atoms with E-state index in [9.17, 15) is 9.90 Å². The Bertz CT molecular complexity index is 309. The first kappa shape index (κ1) is 12.8. The summed E-state index contributed by atoms with van der Waals surface area (Å²) in [6.07, 6.45) is 0. The van der Waals surface area contributed by atoms with Gasteiger partial charge in [0.1, 0.15) is 5.41 Å². The van der Waals surface area contributed by atoms with Crippen LogP contribution >= 0.6 is 0 Å². The molecule has 2 heterocycles. The largest absolute Gasteiger partial charge is 0.481 e. The average molecular weight is 245 g/mol. The predicted molar refractivity (Wildman–Crippen MR) is 58.7 cm³/mol. The van der Waals surface area contributed by atoms with Crippen LogP contribution in [0.25, 0.3) is 0 Å². The highest BCUT2D eigenvalue weighted by Crippen LogP contribution is 2.38. The molecule has 17 heavy (non-hydrogen) atoms. The average Bonchev–Trinajstić information content (AvgIpc) is 2.62. The molecule has 2 atom stereocenters. The maximum absolute atomic E-state index is 11.3. The van der Waals surface area contributed by atoms with Gasteiger partial charge in [0.05, 0.1) is 32.3 Å². The Balaban J connectivity index is 2.04. The third-order valence-electron chi connectivity index (χ3n) is 3.97. The van der Waals surface area contributed by atoms with Gasteiger partial charge in [0.25, 0.3) is 0 Å².